The van der Waals surface area contributed by atoms with Gasteiger partial charge in [0.25, 0.3) is 0 Å². The van der Waals surface area contributed by atoms with Gasteiger partial charge < -0.3 is 9.47 Å². The molecule has 1 aliphatic heterocycles. The Kier molecular flexibility index (Phi) is 2.72. The molecular formula is C10H9BrO3. The van der Waals surface area contributed by atoms with Gasteiger partial charge in [0.15, 0.2) is 23.4 Å². The Balaban J connectivity index is 2.17. The van der Waals surface area contributed by atoms with Gasteiger partial charge in [-0.1, -0.05) is 28.1 Å². The minimum Gasteiger partial charge on any atom is -0.485 e. The summed E-state index contributed by atoms with van der Waals surface area (Å²) in [6.45, 7) is 0.293. The average molecular weight is 257 g/mol. The van der Waals surface area contributed by atoms with Crippen LogP contribution in [0.1, 0.15) is 0 Å². The van der Waals surface area contributed by atoms with Crippen LogP contribution in [0.15, 0.2) is 24.3 Å². The van der Waals surface area contributed by atoms with Gasteiger partial charge in [0.2, 0.25) is 0 Å². The largest absolute Gasteiger partial charge is 0.485 e. The standard InChI is InChI=1S/C10H9BrO3/c11-5-7(12)10-6-13-8-3-1-2-4-9(8)14-10/h1-4,10H,5-6H2. The zero-order valence-corrected chi connectivity index (χ0v) is 8.99. The van der Waals surface area contributed by atoms with Gasteiger partial charge in [0, 0.05) is 0 Å². The molecule has 0 bridgehead atoms. The molecular weight excluding hydrogens is 248 g/mol. The molecule has 0 spiro atoms. The molecule has 0 amide bonds. The lowest BCUT2D eigenvalue weighted by molar-refractivity contribution is -0.125. The summed E-state index contributed by atoms with van der Waals surface area (Å²) in [6.07, 6.45) is -0.482. The number of halogens is 1. The molecule has 1 aliphatic rings. The van der Waals surface area contributed by atoms with Crippen molar-refractivity contribution >= 4 is 21.7 Å². The van der Waals surface area contributed by atoms with Crippen LogP contribution < -0.4 is 9.47 Å². The van der Waals surface area contributed by atoms with E-state index in [1.807, 2.05) is 18.2 Å². The topological polar surface area (TPSA) is 35.5 Å². The second-order valence-electron chi connectivity index (χ2n) is 2.96. The van der Waals surface area contributed by atoms with Gasteiger partial charge in [-0.05, 0) is 12.1 Å². The molecule has 0 aliphatic carbocycles. The van der Waals surface area contributed by atoms with E-state index in [-0.39, 0.29) is 5.78 Å². The summed E-state index contributed by atoms with van der Waals surface area (Å²) >= 11 is 3.11. The summed E-state index contributed by atoms with van der Waals surface area (Å²) in [5.41, 5.74) is 0. The lowest BCUT2D eigenvalue weighted by Crippen LogP contribution is -2.37. The molecule has 0 aromatic heterocycles. The van der Waals surface area contributed by atoms with Crippen molar-refractivity contribution in [3.05, 3.63) is 24.3 Å². The summed E-state index contributed by atoms with van der Waals surface area (Å²) < 4.78 is 10.9. The zero-order chi connectivity index (χ0) is 9.97. The van der Waals surface area contributed by atoms with Crippen LogP contribution >= 0.6 is 15.9 Å². The first-order valence-electron chi connectivity index (χ1n) is 4.28. The van der Waals surface area contributed by atoms with Crippen LogP contribution in [0, 0.1) is 0 Å². The Hall–Kier alpha value is -1.03. The molecule has 14 heavy (non-hydrogen) atoms. The maximum atomic E-state index is 11.3. The number of benzene rings is 1. The summed E-state index contributed by atoms with van der Waals surface area (Å²) in [4.78, 5) is 11.3. The highest BCUT2D eigenvalue weighted by atomic mass is 79.9. The summed E-state index contributed by atoms with van der Waals surface area (Å²) in [7, 11) is 0. The van der Waals surface area contributed by atoms with Crippen molar-refractivity contribution in [1.82, 2.24) is 0 Å². The van der Waals surface area contributed by atoms with E-state index in [1.165, 1.54) is 0 Å². The minimum atomic E-state index is -0.482. The third kappa shape index (κ3) is 1.75. The van der Waals surface area contributed by atoms with Gasteiger partial charge in [-0.15, -0.1) is 0 Å². The van der Waals surface area contributed by atoms with Crippen LogP contribution in [-0.2, 0) is 4.79 Å². The van der Waals surface area contributed by atoms with Gasteiger partial charge in [-0.2, -0.15) is 0 Å². The molecule has 4 heteroatoms. The third-order valence-corrected chi connectivity index (χ3v) is 2.55. The second-order valence-corrected chi connectivity index (χ2v) is 3.52. The first kappa shape index (κ1) is 9.52. The number of para-hydroxylation sites is 2. The zero-order valence-electron chi connectivity index (χ0n) is 7.40. The van der Waals surface area contributed by atoms with Crippen LogP contribution in [0.2, 0.25) is 0 Å². The van der Waals surface area contributed by atoms with Gasteiger partial charge in [0.1, 0.15) is 6.61 Å². The van der Waals surface area contributed by atoms with E-state index < -0.39 is 6.10 Å². The Morgan fingerprint density at radius 1 is 1.43 bits per heavy atom. The molecule has 1 heterocycles. The highest BCUT2D eigenvalue weighted by Gasteiger charge is 2.25. The van der Waals surface area contributed by atoms with Crippen LogP contribution in [0.3, 0.4) is 0 Å². The maximum absolute atomic E-state index is 11.3. The van der Waals surface area contributed by atoms with E-state index in [0.29, 0.717) is 23.4 Å². The van der Waals surface area contributed by atoms with Gasteiger partial charge in [0.05, 0.1) is 5.33 Å². The number of alkyl halides is 1. The van der Waals surface area contributed by atoms with Crippen molar-refractivity contribution in [2.75, 3.05) is 11.9 Å². The number of ether oxygens (including phenoxy) is 2. The molecule has 0 N–H and O–H groups in total. The van der Waals surface area contributed by atoms with Crippen LogP contribution in [-0.4, -0.2) is 23.8 Å². The Morgan fingerprint density at radius 3 is 2.86 bits per heavy atom. The number of rotatable bonds is 2. The fourth-order valence-electron chi connectivity index (χ4n) is 1.26. The number of carbonyl (C=O) groups excluding carboxylic acids is 1. The lowest BCUT2D eigenvalue weighted by atomic mass is 10.2. The monoisotopic (exact) mass is 256 g/mol. The van der Waals surface area contributed by atoms with E-state index in [9.17, 15) is 4.79 Å². The van der Waals surface area contributed by atoms with Gasteiger partial charge >= 0.3 is 0 Å². The van der Waals surface area contributed by atoms with Gasteiger partial charge in [-0.25, -0.2) is 0 Å². The molecule has 0 fully saturated rings. The highest BCUT2D eigenvalue weighted by Crippen LogP contribution is 2.30. The number of fused-ring (bicyclic) bond motifs is 1. The fraction of sp³-hybridized carbons (Fsp3) is 0.300. The minimum absolute atomic E-state index is 0.000460. The summed E-state index contributed by atoms with van der Waals surface area (Å²) in [6, 6.07) is 7.34. The first-order valence-corrected chi connectivity index (χ1v) is 5.40. The predicted molar refractivity (Wildman–Crippen MR) is 55.2 cm³/mol. The molecule has 1 atom stereocenters. The second kappa shape index (κ2) is 4.00. The highest BCUT2D eigenvalue weighted by molar-refractivity contribution is 9.09. The van der Waals surface area contributed by atoms with E-state index >= 15 is 0 Å². The SMILES string of the molecule is O=C(CBr)C1COc2ccccc2O1. The van der Waals surface area contributed by atoms with Crippen molar-refractivity contribution in [2.24, 2.45) is 0 Å². The van der Waals surface area contributed by atoms with Crippen LogP contribution in [0.4, 0.5) is 0 Å². The molecule has 1 unspecified atom stereocenters. The molecule has 2 rings (SSSR count). The Bertz CT molecular complexity index is 351. The van der Waals surface area contributed by atoms with E-state index in [1.54, 1.807) is 6.07 Å². The fourth-order valence-corrected chi connectivity index (χ4v) is 1.63. The molecule has 0 radical (unpaired) electrons. The molecule has 3 nitrogen and oxygen atoms in total. The third-order valence-electron chi connectivity index (χ3n) is 2.00. The summed E-state index contributed by atoms with van der Waals surface area (Å²) in [5, 5.41) is 0.295. The maximum Gasteiger partial charge on any atom is 0.191 e. The normalized spacial score (nSPS) is 19.1. The van der Waals surface area contributed by atoms with Crippen molar-refractivity contribution < 1.29 is 14.3 Å². The Morgan fingerprint density at radius 2 is 2.14 bits per heavy atom. The van der Waals surface area contributed by atoms with E-state index in [0.717, 1.165) is 0 Å². The number of Topliss-reactive ketones (excluding diaryl/α,β-unsaturated/α-hetero) is 1. The van der Waals surface area contributed by atoms with Crippen molar-refractivity contribution in [2.45, 2.75) is 6.10 Å². The van der Waals surface area contributed by atoms with Crippen molar-refractivity contribution in [3.63, 3.8) is 0 Å². The van der Waals surface area contributed by atoms with Crippen molar-refractivity contribution in [1.29, 1.82) is 0 Å². The average Bonchev–Trinajstić information content (AvgIpc) is 2.27. The molecule has 1 aromatic carbocycles. The van der Waals surface area contributed by atoms with Crippen molar-refractivity contribution in [3.8, 4) is 11.5 Å². The smallest absolute Gasteiger partial charge is 0.191 e. The Labute approximate surface area is 90.1 Å². The van der Waals surface area contributed by atoms with Gasteiger partial charge in [-0.3, -0.25) is 4.79 Å². The predicted octanol–water partition coefficient (Wildman–Crippen LogP) is 1.79. The first-order chi connectivity index (χ1) is 6.81. The van der Waals surface area contributed by atoms with Crippen LogP contribution in [0.5, 0.6) is 11.5 Å². The number of ketones is 1. The molecule has 1 aromatic rings. The summed E-state index contributed by atoms with van der Waals surface area (Å²) in [5.74, 6) is 1.34. The van der Waals surface area contributed by atoms with Crippen LogP contribution in [0.25, 0.3) is 0 Å². The molecule has 74 valence electrons. The molecule has 0 saturated carbocycles. The number of carbonyl (C=O) groups is 1. The van der Waals surface area contributed by atoms with E-state index in [4.69, 9.17) is 9.47 Å². The van der Waals surface area contributed by atoms with E-state index in [2.05, 4.69) is 15.9 Å². The molecule has 0 saturated heterocycles. The lowest BCUT2D eigenvalue weighted by Gasteiger charge is -2.24. The quantitative estimate of drug-likeness (QED) is 0.758. The number of hydrogen-bond donors (Lipinski definition) is 0. The number of hydrogen-bond acceptors (Lipinski definition) is 3.